The maximum absolute atomic E-state index is 13.6. The second-order valence-electron chi connectivity index (χ2n) is 4.95. The molecular formula is C15H9F3N3O3. The minimum absolute atomic E-state index is 0.0462. The summed E-state index contributed by atoms with van der Waals surface area (Å²) in [6.07, 6.45) is 1.44. The fraction of sp³-hybridized carbons (Fsp3) is 0.133. The molecule has 0 aliphatic carbocycles. The molecule has 0 aliphatic rings. The Morgan fingerprint density at radius 1 is 1.38 bits per heavy atom. The Kier molecular flexibility index (Phi) is 3.63. The van der Waals surface area contributed by atoms with Crippen molar-refractivity contribution in [3.63, 3.8) is 0 Å². The first-order valence-corrected chi connectivity index (χ1v) is 6.62. The number of carbonyl (C=O) groups is 1. The molecule has 24 heavy (non-hydrogen) atoms. The lowest BCUT2D eigenvalue weighted by Gasteiger charge is -2.15. The van der Waals surface area contributed by atoms with Gasteiger partial charge in [-0.3, -0.25) is 9.59 Å². The highest BCUT2D eigenvalue weighted by atomic mass is 19.4. The number of amides is 1. The number of aromatic nitrogens is 2. The van der Waals surface area contributed by atoms with Gasteiger partial charge in [0.2, 0.25) is 12.2 Å². The molecule has 0 saturated heterocycles. The third kappa shape index (κ3) is 2.53. The molecule has 0 bridgehead atoms. The van der Waals surface area contributed by atoms with Crippen molar-refractivity contribution in [2.45, 2.75) is 12.6 Å². The summed E-state index contributed by atoms with van der Waals surface area (Å²) in [5.41, 5.74) is 3.04. The molecule has 0 fully saturated rings. The van der Waals surface area contributed by atoms with Gasteiger partial charge in [-0.2, -0.15) is 13.2 Å². The van der Waals surface area contributed by atoms with E-state index >= 15 is 0 Å². The average molecular weight is 336 g/mol. The van der Waals surface area contributed by atoms with Gasteiger partial charge in [0.05, 0.1) is 30.2 Å². The molecule has 2 N–H and O–H groups in total. The van der Waals surface area contributed by atoms with Crippen LogP contribution in [0.5, 0.6) is 0 Å². The quantitative estimate of drug-likeness (QED) is 0.792. The van der Waals surface area contributed by atoms with E-state index in [2.05, 4.69) is 4.98 Å². The Bertz CT molecular complexity index is 927. The Balaban J connectivity index is 2.45. The maximum atomic E-state index is 13.6. The highest BCUT2D eigenvalue weighted by Crippen LogP contribution is 2.39. The Labute approximate surface area is 132 Å². The number of hydrogen-bond acceptors (Lipinski definition) is 4. The largest absolute Gasteiger partial charge is 0.472 e. The summed E-state index contributed by atoms with van der Waals surface area (Å²) in [5.74, 6) is -1.24. The van der Waals surface area contributed by atoms with Crippen LogP contribution in [-0.2, 0) is 17.4 Å². The van der Waals surface area contributed by atoms with Gasteiger partial charge in [-0.15, -0.1) is 0 Å². The number of primary amides is 1. The Morgan fingerprint density at radius 3 is 2.67 bits per heavy atom. The minimum Gasteiger partial charge on any atom is -0.472 e. The van der Waals surface area contributed by atoms with Crippen molar-refractivity contribution in [3.8, 4) is 11.1 Å². The molecule has 123 valence electrons. The molecule has 0 saturated carbocycles. The molecule has 1 amide bonds. The molecule has 1 radical (unpaired) electrons. The number of furan rings is 1. The third-order valence-electron chi connectivity index (χ3n) is 3.41. The molecule has 0 aliphatic heterocycles. The second kappa shape index (κ2) is 5.52. The third-order valence-corrected chi connectivity index (χ3v) is 3.41. The first-order chi connectivity index (χ1) is 11.3. The number of imidazole rings is 1. The monoisotopic (exact) mass is 336 g/mol. The summed E-state index contributed by atoms with van der Waals surface area (Å²) >= 11 is 0. The van der Waals surface area contributed by atoms with E-state index in [1.165, 1.54) is 31.0 Å². The molecule has 0 unspecified atom stereocenters. The molecule has 0 atom stereocenters. The van der Waals surface area contributed by atoms with Crippen molar-refractivity contribution >= 4 is 17.8 Å². The van der Waals surface area contributed by atoms with Crippen LogP contribution in [0.1, 0.15) is 21.6 Å². The van der Waals surface area contributed by atoms with Crippen molar-refractivity contribution < 1.29 is 27.2 Å². The average Bonchev–Trinajstić information content (AvgIpc) is 3.12. The van der Waals surface area contributed by atoms with Crippen LogP contribution in [0.15, 0.2) is 35.4 Å². The van der Waals surface area contributed by atoms with E-state index in [-0.39, 0.29) is 23.2 Å². The van der Waals surface area contributed by atoms with Gasteiger partial charge in [0.25, 0.3) is 0 Å². The zero-order valence-corrected chi connectivity index (χ0v) is 11.9. The lowest BCUT2D eigenvalue weighted by atomic mass is 9.98. The highest BCUT2D eigenvalue weighted by molar-refractivity contribution is 6.02. The normalized spacial score (nSPS) is 11.8. The molecule has 3 heterocycles. The summed E-state index contributed by atoms with van der Waals surface area (Å²) in [5, 5.41) is 0. The predicted molar refractivity (Wildman–Crippen MR) is 75.8 cm³/mol. The molecule has 3 rings (SSSR count). The predicted octanol–water partition coefficient (Wildman–Crippen LogP) is 2.36. The van der Waals surface area contributed by atoms with Crippen LogP contribution < -0.4 is 5.73 Å². The molecule has 9 heteroatoms. The van der Waals surface area contributed by atoms with E-state index in [9.17, 15) is 22.8 Å². The van der Waals surface area contributed by atoms with E-state index < -0.39 is 28.9 Å². The second-order valence-corrected chi connectivity index (χ2v) is 4.95. The van der Waals surface area contributed by atoms with E-state index in [1.54, 1.807) is 6.29 Å². The number of nitrogens with two attached hydrogens (primary N) is 1. The molecular weight excluding hydrogens is 327 g/mol. The first kappa shape index (κ1) is 15.8. The Morgan fingerprint density at radius 2 is 2.12 bits per heavy atom. The topological polar surface area (TPSA) is 90.6 Å². The summed E-state index contributed by atoms with van der Waals surface area (Å²) in [6, 6.07) is 1.41. The van der Waals surface area contributed by atoms with Crippen molar-refractivity contribution in [1.82, 2.24) is 9.38 Å². The lowest BCUT2D eigenvalue weighted by Crippen LogP contribution is -2.21. The van der Waals surface area contributed by atoms with E-state index in [0.717, 1.165) is 4.40 Å². The molecule has 6 nitrogen and oxygen atoms in total. The van der Waals surface area contributed by atoms with Crippen LogP contribution in [0.2, 0.25) is 0 Å². The molecule has 0 spiro atoms. The number of pyridine rings is 1. The number of halogens is 3. The van der Waals surface area contributed by atoms with Gasteiger partial charge in [-0.25, -0.2) is 4.98 Å². The van der Waals surface area contributed by atoms with E-state index in [0.29, 0.717) is 0 Å². The smallest absolute Gasteiger partial charge is 0.420 e. The lowest BCUT2D eigenvalue weighted by molar-refractivity contribution is -0.136. The standard InChI is InChI=1S/C15H9F3N3O3/c16-15(17,18)12-11(13(19)23)10(8-2-4-24-7-8)6-21-5-9(1-3-22)20-14(12)21/h2,4-7H,1H2,(H2,19,23). The first-order valence-electron chi connectivity index (χ1n) is 6.62. The summed E-state index contributed by atoms with van der Waals surface area (Å²) in [7, 11) is 0. The van der Waals surface area contributed by atoms with Crippen LogP contribution in [0.4, 0.5) is 13.2 Å². The molecule has 3 aromatic rings. The molecule has 3 aromatic heterocycles. The maximum Gasteiger partial charge on any atom is 0.420 e. The van der Waals surface area contributed by atoms with Crippen LogP contribution in [0.3, 0.4) is 0 Å². The van der Waals surface area contributed by atoms with Crippen molar-refractivity contribution in [3.05, 3.63) is 47.8 Å². The number of alkyl halides is 3. The fourth-order valence-electron chi connectivity index (χ4n) is 2.50. The van der Waals surface area contributed by atoms with Gasteiger partial charge in [0.1, 0.15) is 11.2 Å². The summed E-state index contributed by atoms with van der Waals surface area (Å²) < 4.78 is 46.8. The van der Waals surface area contributed by atoms with Gasteiger partial charge < -0.3 is 14.6 Å². The Hall–Kier alpha value is -3.10. The highest BCUT2D eigenvalue weighted by Gasteiger charge is 2.40. The van der Waals surface area contributed by atoms with Gasteiger partial charge in [0.15, 0.2) is 0 Å². The van der Waals surface area contributed by atoms with E-state index in [1.807, 2.05) is 0 Å². The van der Waals surface area contributed by atoms with Gasteiger partial charge in [-0.1, -0.05) is 0 Å². The zero-order valence-electron chi connectivity index (χ0n) is 11.9. The fourth-order valence-corrected chi connectivity index (χ4v) is 2.50. The zero-order chi connectivity index (χ0) is 17.5. The van der Waals surface area contributed by atoms with Crippen LogP contribution in [0.25, 0.3) is 16.8 Å². The van der Waals surface area contributed by atoms with Crippen molar-refractivity contribution in [2.75, 3.05) is 0 Å². The number of hydrogen-bond donors (Lipinski definition) is 1. The molecule has 0 aromatic carbocycles. The van der Waals surface area contributed by atoms with Gasteiger partial charge in [-0.05, 0) is 6.07 Å². The van der Waals surface area contributed by atoms with Gasteiger partial charge in [0, 0.05) is 23.5 Å². The SMILES string of the molecule is NC(=O)c1c(-c2ccoc2)cn2cc(C[C]=O)nc2c1C(F)(F)F. The van der Waals surface area contributed by atoms with E-state index in [4.69, 9.17) is 10.2 Å². The number of nitrogens with zero attached hydrogens (tertiary/aromatic N) is 2. The summed E-state index contributed by atoms with van der Waals surface area (Å²) in [4.78, 5) is 26.0. The number of rotatable bonds is 4. The van der Waals surface area contributed by atoms with Crippen LogP contribution in [0, 0.1) is 0 Å². The minimum atomic E-state index is -4.88. The number of fused-ring (bicyclic) bond motifs is 1. The summed E-state index contributed by atoms with van der Waals surface area (Å²) in [6.45, 7) is 0. The van der Waals surface area contributed by atoms with Crippen molar-refractivity contribution in [1.29, 1.82) is 0 Å². The van der Waals surface area contributed by atoms with Crippen LogP contribution in [-0.4, -0.2) is 21.6 Å². The van der Waals surface area contributed by atoms with Crippen molar-refractivity contribution in [2.24, 2.45) is 5.73 Å². The van der Waals surface area contributed by atoms with Crippen LogP contribution >= 0.6 is 0 Å². The van der Waals surface area contributed by atoms with Gasteiger partial charge >= 0.3 is 6.18 Å². The number of carbonyl (C=O) groups excluding carboxylic acids is 2.